The summed E-state index contributed by atoms with van der Waals surface area (Å²) in [5.74, 6) is 0.863. The maximum Gasteiger partial charge on any atom is 0.252 e. The zero-order chi connectivity index (χ0) is 21.3. The van der Waals surface area contributed by atoms with Crippen molar-refractivity contribution in [2.45, 2.75) is 44.0 Å². The van der Waals surface area contributed by atoms with E-state index in [2.05, 4.69) is 19.8 Å². The molecule has 1 fully saturated rings. The van der Waals surface area contributed by atoms with Crippen LogP contribution in [0.25, 0.3) is 5.78 Å². The summed E-state index contributed by atoms with van der Waals surface area (Å²) in [6.45, 7) is 4.79. The third-order valence-electron chi connectivity index (χ3n) is 5.19. The summed E-state index contributed by atoms with van der Waals surface area (Å²) in [6, 6.07) is 10.0. The van der Waals surface area contributed by atoms with Gasteiger partial charge in [0.15, 0.2) is 5.82 Å². The third-order valence-corrected chi connectivity index (χ3v) is 6.73. The summed E-state index contributed by atoms with van der Waals surface area (Å²) in [5.41, 5.74) is 1.76. The number of sulfonamides is 1. The van der Waals surface area contributed by atoms with E-state index in [1.54, 1.807) is 39.7 Å². The fourth-order valence-corrected chi connectivity index (χ4v) is 4.99. The molecule has 0 unspecified atom stereocenters. The zero-order valence-corrected chi connectivity index (χ0v) is 17.8. The third kappa shape index (κ3) is 4.34. The number of rotatable bonds is 5. The molecule has 2 aromatic heterocycles. The van der Waals surface area contributed by atoms with Crippen LogP contribution in [0.15, 0.2) is 41.3 Å². The van der Waals surface area contributed by atoms with E-state index in [4.69, 9.17) is 0 Å². The van der Waals surface area contributed by atoms with Crippen LogP contribution in [0.5, 0.6) is 0 Å². The number of nitrogens with one attached hydrogen (secondary N) is 1. The Balaban J connectivity index is 1.35. The van der Waals surface area contributed by atoms with Gasteiger partial charge in [0.05, 0.1) is 11.3 Å². The highest BCUT2D eigenvalue weighted by atomic mass is 32.2. The molecule has 3 aromatic rings. The van der Waals surface area contributed by atoms with Crippen LogP contribution in [0.4, 0.5) is 0 Å². The molecule has 0 aliphatic carbocycles. The molecule has 0 atom stereocenters. The predicted octanol–water partition coefficient (Wildman–Crippen LogP) is 1.25. The van der Waals surface area contributed by atoms with E-state index in [0.29, 0.717) is 37.5 Å². The van der Waals surface area contributed by atoms with Crippen molar-refractivity contribution in [3.05, 3.63) is 53.6 Å². The average molecular weight is 429 g/mol. The molecule has 1 aromatic carbocycles. The molecular formula is C20H24N6O3S. The SMILES string of the molecule is Cc1cc(C)n2nc(CC(=O)N3CCC(NS(=O)(=O)c4ccccc4)CC3)nc2n1. The van der Waals surface area contributed by atoms with Crippen molar-refractivity contribution >= 4 is 21.7 Å². The molecular weight excluding hydrogens is 404 g/mol. The molecule has 0 bridgehead atoms. The van der Waals surface area contributed by atoms with Gasteiger partial charge in [-0.15, -0.1) is 5.10 Å². The molecule has 1 saturated heterocycles. The first kappa shape index (κ1) is 20.4. The number of benzene rings is 1. The number of carbonyl (C=O) groups excluding carboxylic acids is 1. The van der Waals surface area contributed by atoms with Gasteiger partial charge in [0.2, 0.25) is 15.9 Å². The van der Waals surface area contributed by atoms with Crippen molar-refractivity contribution in [1.82, 2.24) is 29.2 Å². The Bertz CT molecular complexity index is 1170. The summed E-state index contributed by atoms with van der Waals surface area (Å²) < 4.78 is 29.3. The van der Waals surface area contributed by atoms with Crippen LogP contribution in [0.2, 0.25) is 0 Å². The first-order valence-electron chi connectivity index (χ1n) is 9.87. The number of aromatic nitrogens is 4. The molecule has 1 aliphatic rings. The molecule has 3 heterocycles. The fourth-order valence-electron chi connectivity index (χ4n) is 3.66. The molecule has 0 spiro atoms. The molecule has 1 aliphatic heterocycles. The normalized spacial score (nSPS) is 15.6. The lowest BCUT2D eigenvalue weighted by atomic mass is 10.1. The van der Waals surface area contributed by atoms with E-state index in [-0.39, 0.29) is 23.3 Å². The van der Waals surface area contributed by atoms with Crippen LogP contribution < -0.4 is 4.72 Å². The Kier molecular flexibility index (Phi) is 5.52. The number of carbonyl (C=O) groups is 1. The average Bonchev–Trinajstić information content (AvgIpc) is 3.11. The fraction of sp³-hybridized carbons (Fsp3) is 0.400. The number of fused-ring (bicyclic) bond motifs is 1. The van der Waals surface area contributed by atoms with Crippen molar-refractivity contribution in [2.75, 3.05) is 13.1 Å². The first-order chi connectivity index (χ1) is 14.3. The summed E-state index contributed by atoms with van der Waals surface area (Å²) >= 11 is 0. The van der Waals surface area contributed by atoms with Crippen LogP contribution in [0.3, 0.4) is 0 Å². The van der Waals surface area contributed by atoms with Crippen LogP contribution in [-0.4, -0.2) is 57.9 Å². The molecule has 9 nitrogen and oxygen atoms in total. The Morgan fingerprint density at radius 3 is 2.53 bits per heavy atom. The number of aryl methyl sites for hydroxylation is 2. The monoisotopic (exact) mass is 428 g/mol. The van der Waals surface area contributed by atoms with Gasteiger partial charge in [-0.1, -0.05) is 18.2 Å². The molecule has 0 saturated carbocycles. The second kappa shape index (κ2) is 8.11. The number of likely N-dealkylation sites (tertiary alicyclic amines) is 1. The van der Waals surface area contributed by atoms with Gasteiger partial charge in [0, 0.05) is 30.5 Å². The van der Waals surface area contributed by atoms with E-state index in [9.17, 15) is 13.2 Å². The van der Waals surface area contributed by atoms with Crippen molar-refractivity contribution in [3.63, 3.8) is 0 Å². The summed E-state index contributed by atoms with van der Waals surface area (Å²) in [5, 5.41) is 4.39. The maximum absolute atomic E-state index is 12.7. The van der Waals surface area contributed by atoms with E-state index in [0.717, 1.165) is 11.4 Å². The minimum atomic E-state index is -3.55. The first-order valence-corrected chi connectivity index (χ1v) is 11.4. The summed E-state index contributed by atoms with van der Waals surface area (Å²) in [6.07, 6.45) is 1.23. The van der Waals surface area contributed by atoms with Crippen LogP contribution >= 0.6 is 0 Å². The number of hydrogen-bond donors (Lipinski definition) is 1. The smallest absolute Gasteiger partial charge is 0.252 e. The van der Waals surface area contributed by atoms with E-state index in [1.807, 2.05) is 19.9 Å². The van der Waals surface area contributed by atoms with Gasteiger partial charge < -0.3 is 4.90 Å². The topological polar surface area (TPSA) is 110 Å². The zero-order valence-electron chi connectivity index (χ0n) is 16.9. The van der Waals surface area contributed by atoms with E-state index in [1.165, 1.54) is 0 Å². The number of hydrogen-bond acceptors (Lipinski definition) is 6. The molecule has 1 amide bonds. The van der Waals surface area contributed by atoms with Gasteiger partial charge in [0.25, 0.3) is 5.78 Å². The van der Waals surface area contributed by atoms with Crippen molar-refractivity contribution in [2.24, 2.45) is 0 Å². The highest BCUT2D eigenvalue weighted by Crippen LogP contribution is 2.16. The second-order valence-corrected chi connectivity index (χ2v) is 9.26. The van der Waals surface area contributed by atoms with Crippen molar-refractivity contribution < 1.29 is 13.2 Å². The number of nitrogens with zero attached hydrogens (tertiary/aromatic N) is 5. The summed E-state index contributed by atoms with van der Waals surface area (Å²) in [4.78, 5) is 23.4. The van der Waals surface area contributed by atoms with Crippen LogP contribution in [0, 0.1) is 13.8 Å². The minimum Gasteiger partial charge on any atom is -0.342 e. The highest BCUT2D eigenvalue weighted by Gasteiger charge is 2.27. The highest BCUT2D eigenvalue weighted by molar-refractivity contribution is 7.89. The molecule has 1 N–H and O–H groups in total. The lowest BCUT2D eigenvalue weighted by molar-refractivity contribution is -0.131. The van der Waals surface area contributed by atoms with Gasteiger partial charge >= 0.3 is 0 Å². The Morgan fingerprint density at radius 2 is 1.83 bits per heavy atom. The van der Waals surface area contributed by atoms with Gasteiger partial charge in [-0.2, -0.15) is 4.98 Å². The van der Waals surface area contributed by atoms with Crippen LogP contribution in [-0.2, 0) is 21.2 Å². The standard InChI is InChI=1S/C20H24N6O3S/c1-14-12-15(2)26-20(21-14)22-18(23-26)13-19(27)25-10-8-16(9-11-25)24-30(28,29)17-6-4-3-5-7-17/h3-7,12,16,24H,8-11,13H2,1-2H3. The van der Waals surface area contributed by atoms with E-state index < -0.39 is 10.0 Å². The Morgan fingerprint density at radius 1 is 1.13 bits per heavy atom. The van der Waals surface area contributed by atoms with Gasteiger partial charge in [0.1, 0.15) is 0 Å². The number of amides is 1. The Labute approximate surface area is 175 Å². The Hall–Kier alpha value is -2.85. The quantitative estimate of drug-likeness (QED) is 0.655. The van der Waals surface area contributed by atoms with Gasteiger partial charge in [-0.25, -0.2) is 22.6 Å². The molecule has 4 rings (SSSR count). The largest absolute Gasteiger partial charge is 0.342 e. The van der Waals surface area contributed by atoms with Crippen molar-refractivity contribution in [1.29, 1.82) is 0 Å². The van der Waals surface area contributed by atoms with Gasteiger partial charge in [-0.05, 0) is 44.9 Å². The van der Waals surface area contributed by atoms with Gasteiger partial charge in [-0.3, -0.25) is 4.79 Å². The van der Waals surface area contributed by atoms with Crippen LogP contribution in [0.1, 0.15) is 30.1 Å². The summed E-state index contributed by atoms with van der Waals surface area (Å²) in [7, 11) is -3.55. The van der Waals surface area contributed by atoms with Crippen molar-refractivity contribution in [3.8, 4) is 0 Å². The maximum atomic E-state index is 12.7. The molecule has 30 heavy (non-hydrogen) atoms. The number of piperidine rings is 1. The minimum absolute atomic E-state index is 0.0651. The predicted molar refractivity (Wildman–Crippen MR) is 110 cm³/mol. The lowest BCUT2D eigenvalue weighted by Gasteiger charge is -2.32. The molecule has 0 radical (unpaired) electrons. The van der Waals surface area contributed by atoms with E-state index >= 15 is 0 Å². The second-order valence-electron chi connectivity index (χ2n) is 7.54. The molecule has 158 valence electrons. The molecule has 10 heteroatoms. The lowest BCUT2D eigenvalue weighted by Crippen LogP contribution is -2.46.